The summed E-state index contributed by atoms with van der Waals surface area (Å²) in [7, 11) is 1.70. The summed E-state index contributed by atoms with van der Waals surface area (Å²) in [6.07, 6.45) is -0.802. The molecule has 1 saturated heterocycles. The maximum atomic E-state index is 13.6. The molecule has 19 heavy (non-hydrogen) atoms. The van der Waals surface area contributed by atoms with Gasteiger partial charge in [-0.15, -0.1) is 0 Å². The van der Waals surface area contributed by atoms with Gasteiger partial charge in [-0.05, 0) is 13.1 Å². The van der Waals surface area contributed by atoms with Crippen LogP contribution in [-0.2, 0) is 11.3 Å². The van der Waals surface area contributed by atoms with Crippen molar-refractivity contribution in [3.63, 3.8) is 0 Å². The van der Waals surface area contributed by atoms with Crippen molar-refractivity contribution in [2.75, 3.05) is 13.6 Å². The number of likely N-dealkylation sites (N-methyl/N-ethyl adjacent to an activating group) is 1. The Morgan fingerprint density at radius 2 is 2.32 bits per heavy atom. The third kappa shape index (κ3) is 3.22. The van der Waals surface area contributed by atoms with Crippen molar-refractivity contribution in [3.8, 4) is 0 Å². The van der Waals surface area contributed by atoms with Gasteiger partial charge < -0.3 is 5.32 Å². The third-order valence-electron chi connectivity index (χ3n) is 3.28. The van der Waals surface area contributed by atoms with Gasteiger partial charge in [0.15, 0.2) is 0 Å². The highest BCUT2D eigenvalue weighted by molar-refractivity contribution is 6.30. The summed E-state index contributed by atoms with van der Waals surface area (Å²) in [5.74, 6) is -0.824. The van der Waals surface area contributed by atoms with Gasteiger partial charge in [-0.1, -0.05) is 23.7 Å². The molecule has 1 aliphatic rings. The Balaban J connectivity index is 1.95. The van der Waals surface area contributed by atoms with E-state index in [-0.39, 0.29) is 30.4 Å². The molecule has 104 valence electrons. The Bertz CT molecular complexity index is 484. The number of benzene rings is 1. The van der Waals surface area contributed by atoms with Crippen LogP contribution in [0.2, 0.25) is 5.02 Å². The van der Waals surface area contributed by atoms with Crippen molar-refractivity contribution in [1.29, 1.82) is 0 Å². The van der Waals surface area contributed by atoms with E-state index >= 15 is 0 Å². The number of carbonyl (C=O) groups is 1. The SMILES string of the molecule is CN1C[C@H](F)C[C@H]1C(=O)NCc1cccc(Cl)c1F. The molecule has 3 nitrogen and oxygen atoms in total. The second-order valence-electron chi connectivity index (χ2n) is 4.72. The minimum Gasteiger partial charge on any atom is -0.351 e. The average Bonchev–Trinajstić information content (AvgIpc) is 2.70. The van der Waals surface area contributed by atoms with E-state index in [1.165, 1.54) is 6.07 Å². The zero-order chi connectivity index (χ0) is 14.0. The molecule has 0 radical (unpaired) electrons. The van der Waals surface area contributed by atoms with Gasteiger partial charge in [0.1, 0.15) is 12.0 Å². The van der Waals surface area contributed by atoms with Crippen LogP contribution in [0.15, 0.2) is 18.2 Å². The average molecular weight is 289 g/mol. The predicted molar refractivity (Wildman–Crippen MR) is 69.2 cm³/mol. The van der Waals surface area contributed by atoms with Crippen LogP contribution >= 0.6 is 11.6 Å². The van der Waals surface area contributed by atoms with Gasteiger partial charge in [-0.25, -0.2) is 8.78 Å². The van der Waals surface area contributed by atoms with Crippen LogP contribution in [0.5, 0.6) is 0 Å². The van der Waals surface area contributed by atoms with Gasteiger partial charge >= 0.3 is 0 Å². The lowest BCUT2D eigenvalue weighted by atomic mass is 10.1. The maximum absolute atomic E-state index is 13.6. The van der Waals surface area contributed by atoms with Crippen LogP contribution in [-0.4, -0.2) is 36.6 Å². The highest BCUT2D eigenvalue weighted by atomic mass is 35.5. The van der Waals surface area contributed by atoms with Gasteiger partial charge in [0.05, 0.1) is 11.1 Å². The normalized spacial score (nSPS) is 23.6. The number of nitrogens with zero attached hydrogens (tertiary/aromatic N) is 1. The number of hydrogen-bond donors (Lipinski definition) is 1. The number of nitrogens with one attached hydrogen (secondary N) is 1. The molecule has 1 amide bonds. The Hall–Kier alpha value is -1.20. The highest BCUT2D eigenvalue weighted by Gasteiger charge is 2.34. The van der Waals surface area contributed by atoms with Crippen molar-refractivity contribution >= 4 is 17.5 Å². The molecule has 1 aliphatic heterocycles. The Morgan fingerprint density at radius 1 is 1.58 bits per heavy atom. The second-order valence-corrected chi connectivity index (χ2v) is 5.13. The van der Waals surface area contributed by atoms with E-state index < -0.39 is 18.0 Å². The zero-order valence-electron chi connectivity index (χ0n) is 10.5. The first-order valence-corrected chi connectivity index (χ1v) is 6.41. The molecule has 0 aromatic heterocycles. The molecule has 6 heteroatoms. The lowest BCUT2D eigenvalue weighted by Crippen LogP contribution is -2.41. The van der Waals surface area contributed by atoms with E-state index in [1.54, 1.807) is 24.1 Å². The second kappa shape index (κ2) is 5.84. The minimum atomic E-state index is -0.983. The largest absolute Gasteiger partial charge is 0.351 e. The number of carbonyl (C=O) groups excluding carboxylic acids is 1. The van der Waals surface area contributed by atoms with Crippen LogP contribution in [0.25, 0.3) is 0 Å². The lowest BCUT2D eigenvalue weighted by molar-refractivity contribution is -0.125. The third-order valence-corrected chi connectivity index (χ3v) is 3.58. The van der Waals surface area contributed by atoms with Crippen LogP contribution in [0, 0.1) is 5.82 Å². The summed E-state index contributed by atoms with van der Waals surface area (Å²) in [4.78, 5) is 13.6. The quantitative estimate of drug-likeness (QED) is 0.924. The minimum absolute atomic E-state index is 0.0218. The molecule has 1 N–H and O–H groups in total. The number of rotatable bonds is 3. The summed E-state index contributed by atoms with van der Waals surface area (Å²) in [6.45, 7) is 0.302. The van der Waals surface area contributed by atoms with Crippen LogP contribution in [0.1, 0.15) is 12.0 Å². The molecule has 1 heterocycles. The molecule has 1 fully saturated rings. The Labute approximate surface area is 115 Å². The fourth-order valence-electron chi connectivity index (χ4n) is 2.23. The highest BCUT2D eigenvalue weighted by Crippen LogP contribution is 2.20. The Kier molecular flexibility index (Phi) is 4.37. The number of halogens is 3. The zero-order valence-corrected chi connectivity index (χ0v) is 11.3. The van der Waals surface area contributed by atoms with E-state index in [2.05, 4.69) is 5.32 Å². The van der Waals surface area contributed by atoms with E-state index in [0.29, 0.717) is 5.56 Å². The molecule has 2 rings (SSSR count). The first-order chi connectivity index (χ1) is 8.99. The summed E-state index contributed by atoms with van der Waals surface area (Å²) >= 11 is 5.65. The Morgan fingerprint density at radius 3 is 2.95 bits per heavy atom. The van der Waals surface area contributed by atoms with Gasteiger partial charge in [-0.3, -0.25) is 9.69 Å². The van der Waals surface area contributed by atoms with E-state index in [4.69, 9.17) is 11.6 Å². The van der Waals surface area contributed by atoms with Crippen molar-refractivity contribution in [2.45, 2.75) is 25.2 Å². The first kappa shape index (κ1) is 14.2. The van der Waals surface area contributed by atoms with Gasteiger partial charge in [0.25, 0.3) is 0 Å². The fourth-order valence-corrected chi connectivity index (χ4v) is 2.42. The number of hydrogen-bond acceptors (Lipinski definition) is 2. The van der Waals surface area contributed by atoms with Crippen molar-refractivity contribution < 1.29 is 13.6 Å². The van der Waals surface area contributed by atoms with Crippen molar-refractivity contribution in [1.82, 2.24) is 10.2 Å². The molecule has 1 aromatic carbocycles. The van der Waals surface area contributed by atoms with E-state index in [0.717, 1.165) is 0 Å². The van der Waals surface area contributed by atoms with Crippen LogP contribution in [0.3, 0.4) is 0 Å². The molecule has 0 unspecified atom stereocenters. The van der Waals surface area contributed by atoms with E-state index in [9.17, 15) is 13.6 Å². The summed E-state index contributed by atoms with van der Waals surface area (Å²) in [6, 6.07) is 4.13. The molecule has 0 bridgehead atoms. The molecular weight excluding hydrogens is 274 g/mol. The fraction of sp³-hybridized carbons (Fsp3) is 0.462. The molecule has 0 aliphatic carbocycles. The summed E-state index contributed by atoms with van der Waals surface area (Å²) < 4.78 is 26.8. The molecule has 1 aromatic rings. The lowest BCUT2D eigenvalue weighted by Gasteiger charge is -2.18. The summed E-state index contributed by atoms with van der Waals surface area (Å²) in [5, 5.41) is 2.64. The topological polar surface area (TPSA) is 32.3 Å². The van der Waals surface area contributed by atoms with E-state index in [1.807, 2.05) is 0 Å². The van der Waals surface area contributed by atoms with Gasteiger partial charge in [0, 0.05) is 25.1 Å². The van der Waals surface area contributed by atoms with Crippen molar-refractivity contribution in [3.05, 3.63) is 34.6 Å². The van der Waals surface area contributed by atoms with Crippen LogP contribution in [0.4, 0.5) is 8.78 Å². The monoisotopic (exact) mass is 288 g/mol. The number of likely N-dealkylation sites (tertiary alicyclic amines) is 1. The molecule has 0 saturated carbocycles. The first-order valence-electron chi connectivity index (χ1n) is 6.04. The van der Waals surface area contributed by atoms with Crippen LogP contribution < -0.4 is 5.32 Å². The summed E-state index contributed by atoms with van der Waals surface area (Å²) in [5.41, 5.74) is 0.318. The van der Waals surface area contributed by atoms with Gasteiger partial charge in [-0.2, -0.15) is 0 Å². The molecule has 2 atom stereocenters. The standard InChI is InChI=1S/C13H15ClF2N2O/c1-18-7-9(15)5-11(18)13(19)17-6-8-3-2-4-10(14)12(8)16/h2-4,9,11H,5-7H2,1H3,(H,17,19)/t9-,11+/m1/s1. The predicted octanol–water partition coefficient (Wildman–Crippen LogP) is 2.14. The maximum Gasteiger partial charge on any atom is 0.237 e. The number of alkyl halides is 1. The van der Waals surface area contributed by atoms with Gasteiger partial charge in [0.2, 0.25) is 5.91 Å². The smallest absolute Gasteiger partial charge is 0.237 e. The molecule has 0 spiro atoms. The number of amides is 1. The molecular formula is C13H15ClF2N2O. The van der Waals surface area contributed by atoms with Crippen molar-refractivity contribution in [2.24, 2.45) is 0 Å².